The Labute approximate surface area is 159 Å². The molecule has 0 bridgehead atoms. The molecule has 1 saturated heterocycles. The van der Waals surface area contributed by atoms with Crippen molar-refractivity contribution < 1.29 is 14.3 Å². The van der Waals surface area contributed by atoms with E-state index in [1.807, 2.05) is 24.8 Å². The number of methoxy groups -OCH3 is 1. The molecule has 7 heteroatoms. The predicted molar refractivity (Wildman–Crippen MR) is 103 cm³/mol. The number of primary amides is 1. The highest BCUT2D eigenvalue weighted by Gasteiger charge is 2.29. The van der Waals surface area contributed by atoms with Crippen LogP contribution in [0.2, 0.25) is 0 Å². The molecule has 2 amide bonds. The van der Waals surface area contributed by atoms with Crippen LogP contribution in [0.25, 0.3) is 0 Å². The molecule has 3 N–H and O–H groups in total. The predicted octanol–water partition coefficient (Wildman–Crippen LogP) is 2.20. The standard InChI is InChI=1S/C20H28N4O3/c1-13-11-17(14(2)24(13)9-10-27-3)20(26)23-8-4-5-15(12-23)18-16(19(21)25)6-7-22-18/h6-7,11,15,22H,4-5,8-10,12H2,1-3H3,(H2,21,25). The van der Waals surface area contributed by atoms with Gasteiger partial charge in [0.2, 0.25) is 0 Å². The number of aryl methyl sites for hydroxylation is 1. The van der Waals surface area contributed by atoms with Crippen LogP contribution in [0.3, 0.4) is 0 Å². The van der Waals surface area contributed by atoms with Crippen LogP contribution in [0, 0.1) is 13.8 Å². The molecule has 2 aromatic rings. The average Bonchev–Trinajstić information content (AvgIpc) is 3.25. The molecule has 146 valence electrons. The number of likely N-dealkylation sites (tertiary alicyclic amines) is 1. The third-order valence-corrected chi connectivity index (χ3v) is 5.48. The summed E-state index contributed by atoms with van der Waals surface area (Å²) in [7, 11) is 1.68. The topological polar surface area (TPSA) is 93.3 Å². The molecule has 1 atom stereocenters. The SMILES string of the molecule is COCCn1c(C)cc(C(=O)N2CCCC(c3[nH]ccc3C(N)=O)C2)c1C. The fourth-order valence-electron chi connectivity index (χ4n) is 4.05. The fraction of sp³-hybridized carbons (Fsp3) is 0.500. The first kappa shape index (κ1) is 19.2. The van der Waals surface area contributed by atoms with E-state index in [0.717, 1.165) is 48.6 Å². The van der Waals surface area contributed by atoms with Gasteiger partial charge in [0.1, 0.15) is 0 Å². The van der Waals surface area contributed by atoms with Gasteiger partial charge in [0, 0.05) is 55.9 Å². The second-order valence-electron chi connectivity index (χ2n) is 7.19. The van der Waals surface area contributed by atoms with Crippen molar-refractivity contribution in [1.82, 2.24) is 14.5 Å². The maximum atomic E-state index is 13.2. The number of ether oxygens (including phenoxy) is 1. The average molecular weight is 372 g/mol. The summed E-state index contributed by atoms with van der Waals surface area (Å²) >= 11 is 0. The molecule has 3 rings (SSSR count). The number of carbonyl (C=O) groups excluding carboxylic acids is 2. The van der Waals surface area contributed by atoms with Gasteiger partial charge in [0.25, 0.3) is 11.8 Å². The van der Waals surface area contributed by atoms with Gasteiger partial charge in [-0.15, -0.1) is 0 Å². The molecule has 1 aliphatic heterocycles. The number of nitrogens with zero attached hydrogens (tertiary/aromatic N) is 2. The van der Waals surface area contributed by atoms with Crippen LogP contribution in [0.4, 0.5) is 0 Å². The minimum atomic E-state index is -0.434. The first-order chi connectivity index (χ1) is 12.9. The summed E-state index contributed by atoms with van der Waals surface area (Å²) in [6.07, 6.45) is 3.56. The van der Waals surface area contributed by atoms with Crippen LogP contribution >= 0.6 is 0 Å². The highest BCUT2D eigenvalue weighted by molar-refractivity contribution is 5.96. The summed E-state index contributed by atoms with van der Waals surface area (Å²) in [6.45, 7) is 6.64. The van der Waals surface area contributed by atoms with E-state index >= 15 is 0 Å². The zero-order valence-corrected chi connectivity index (χ0v) is 16.2. The van der Waals surface area contributed by atoms with Gasteiger partial charge in [0.15, 0.2) is 0 Å². The second kappa shape index (κ2) is 8.00. The summed E-state index contributed by atoms with van der Waals surface area (Å²) in [5.41, 5.74) is 9.60. The number of hydrogen-bond acceptors (Lipinski definition) is 3. The van der Waals surface area contributed by atoms with Crippen molar-refractivity contribution in [3.63, 3.8) is 0 Å². The number of amides is 2. The molecule has 2 aromatic heterocycles. The van der Waals surface area contributed by atoms with Crippen molar-refractivity contribution in [2.75, 3.05) is 26.8 Å². The van der Waals surface area contributed by atoms with Crippen molar-refractivity contribution in [3.05, 3.63) is 46.5 Å². The van der Waals surface area contributed by atoms with Gasteiger partial charge in [-0.25, -0.2) is 0 Å². The molecule has 3 heterocycles. The first-order valence-corrected chi connectivity index (χ1v) is 9.36. The Hall–Kier alpha value is -2.54. The van der Waals surface area contributed by atoms with E-state index < -0.39 is 5.91 Å². The lowest BCUT2D eigenvalue weighted by Crippen LogP contribution is -2.39. The molecular formula is C20H28N4O3. The van der Waals surface area contributed by atoms with Crippen LogP contribution in [0.5, 0.6) is 0 Å². The second-order valence-corrected chi connectivity index (χ2v) is 7.19. The van der Waals surface area contributed by atoms with Crippen molar-refractivity contribution in [2.24, 2.45) is 5.73 Å². The maximum absolute atomic E-state index is 13.2. The largest absolute Gasteiger partial charge is 0.383 e. The molecule has 0 spiro atoms. The first-order valence-electron chi connectivity index (χ1n) is 9.36. The molecular weight excluding hydrogens is 344 g/mol. The lowest BCUT2D eigenvalue weighted by Gasteiger charge is -2.33. The van der Waals surface area contributed by atoms with Gasteiger partial charge >= 0.3 is 0 Å². The normalized spacial score (nSPS) is 17.3. The molecule has 7 nitrogen and oxygen atoms in total. The fourth-order valence-corrected chi connectivity index (χ4v) is 4.05. The van der Waals surface area contributed by atoms with E-state index in [1.54, 1.807) is 19.4 Å². The molecule has 1 aliphatic rings. The van der Waals surface area contributed by atoms with E-state index in [-0.39, 0.29) is 11.8 Å². The third-order valence-electron chi connectivity index (χ3n) is 5.48. The minimum Gasteiger partial charge on any atom is -0.383 e. The minimum absolute atomic E-state index is 0.0450. The number of hydrogen-bond donors (Lipinski definition) is 2. The molecule has 0 radical (unpaired) electrons. The monoisotopic (exact) mass is 372 g/mol. The molecule has 1 fully saturated rings. The number of rotatable bonds is 6. The summed E-state index contributed by atoms with van der Waals surface area (Å²) in [4.78, 5) is 29.9. The summed E-state index contributed by atoms with van der Waals surface area (Å²) in [6, 6.07) is 3.67. The van der Waals surface area contributed by atoms with Crippen LogP contribution in [-0.2, 0) is 11.3 Å². The number of carbonyl (C=O) groups is 2. The van der Waals surface area contributed by atoms with Gasteiger partial charge in [0.05, 0.1) is 17.7 Å². The van der Waals surface area contributed by atoms with Crippen LogP contribution in [-0.4, -0.2) is 53.1 Å². The van der Waals surface area contributed by atoms with Crippen molar-refractivity contribution in [2.45, 2.75) is 39.2 Å². The van der Waals surface area contributed by atoms with Crippen molar-refractivity contribution in [1.29, 1.82) is 0 Å². The highest BCUT2D eigenvalue weighted by atomic mass is 16.5. The van der Waals surface area contributed by atoms with Gasteiger partial charge in [-0.2, -0.15) is 0 Å². The van der Waals surface area contributed by atoms with Crippen molar-refractivity contribution in [3.8, 4) is 0 Å². The maximum Gasteiger partial charge on any atom is 0.255 e. The molecule has 27 heavy (non-hydrogen) atoms. The Bertz CT molecular complexity index is 836. The van der Waals surface area contributed by atoms with E-state index in [9.17, 15) is 9.59 Å². The Kier molecular flexibility index (Phi) is 5.70. The Balaban J connectivity index is 1.79. The Morgan fingerprint density at radius 3 is 2.81 bits per heavy atom. The molecule has 0 aromatic carbocycles. The van der Waals surface area contributed by atoms with Crippen molar-refractivity contribution >= 4 is 11.8 Å². The molecule has 0 aliphatic carbocycles. The molecule has 0 saturated carbocycles. The summed E-state index contributed by atoms with van der Waals surface area (Å²) in [5.74, 6) is -0.294. The van der Waals surface area contributed by atoms with Gasteiger partial charge in [-0.3, -0.25) is 9.59 Å². The number of H-pyrrole nitrogens is 1. The quantitative estimate of drug-likeness (QED) is 0.814. The molecule has 1 unspecified atom stereocenters. The lowest BCUT2D eigenvalue weighted by molar-refractivity contribution is 0.0705. The van der Waals surface area contributed by atoms with E-state index in [0.29, 0.717) is 18.7 Å². The van der Waals surface area contributed by atoms with E-state index in [1.165, 1.54) is 0 Å². The lowest BCUT2D eigenvalue weighted by atomic mass is 9.92. The number of aromatic amines is 1. The highest BCUT2D eigenvalue weighted by Crippen LogP contribution is 2.29. The Morgan fingerprint density at radius 2 is 2.11 bits per heavy atom. The number of piperidine rings is 1. The summed E-state index contributed by atoms with van der Waals surface area (Å²) in [5, 5.41) is 0. The van der Waals surface area contributed by atoms with Crippen LogP contribution in [0.1, 0.15) is 56.6 Å². The van der Waals surface area contributed by atoms with Crippen LogP contribution in [0.15, 0.2) is 18.3 Å². The van der Waals surface area contributed by atoms with Gasteiger partial charge in [-0.05, 0) is 38.8 Å². The number of aromatic nitrogens is 2. The zero-order chi connectivity index (χ0) is 19.6. The Morgan fingerprint density at radius 1 is 1.33 bits per heavy atom. The van der Waals surface area contributed by atoms with E-state index in [4.69, 9.17) is 10.5 Å². The zero-order valence-electron chi connectivity index (χ0n) is 16.2. The number of nitrogens with one attached hydrogen (secondary N) is 1. The van der Waals surface area contributed by atoms with Gasteiger partial charge in [-0.1, -0.05) is 0 Å². The third kappa shape index (κ3) is 3.78. The van der Waals surface area contributed by atoms with Crippen LogP contribution < -0.4 is 5.73 Å². The van der Waals surface area contributed by atoms with Gasteiger partial charge < -0.3 is 24.9 Å². The number of nitrogens with two attached hydrogens (primary N) is 1. The van der Waals surface area contributed by atoms with E-state index in [2.05, 4.69) is 9.55 Å². The summed E-state index contributed by atoms with van der Waals surface area (Å²) < 4.78 is 7.29. The smallest absolute Gasteiger partial charge is 0.255 e.